The molecule has 0 bridgehead atoms. The van der Waals surface area contributed by atoms with Crippen LogP contribution in [0.1, 0.15) is 18.4 Å². The van der Waals surface area contributed by atoms with E-state index in [-0.39, 0.29) is 18.4 Å². The number of piperidine rings is 1. The fourth-order valence-corrected chi connectivity index (χ4v) is 2.10. The molecule has 1 aliphatic heterocycles. The highest BCUT2D eigenvalue weighted by atomic mass is 16.3. The van der Waals surface area contributed by atoms with E-state index in [1.54, 1.807) is 0 Å². The minimum Gasteiger partial charge on any atom is -0.396 e. The lowest BCUT2D eigenvalue weighted by atomic mass is 9.98. The molecule has 16 heavy (non-hydrogen) atoms. The van der Waals surface area contributed by atoms with Crippen molar-refractivity contribution >= 4 is 5.91 Å². The van der Waals surface area contributed by atoms with Crippen molar-refractivity contribution in [1.29, 1.82) is 0 Å². The Morgan fingerprint density at radius 2 is 2.06 bits per heavy atom. The molecule has 0 radical (unpaired) electrons. The molecule has 1 N–H and O–H groups in total. The molecule has 1 aromatic carbocycles. The lowest BCUT2D eigenvalue weighted by Gasteiger charge is -2.31. The Bertz CT molecular complexity index is 350. The predicted molar refractivity (Wildman–Crippen MR) is 61.7 cm³/mol. The van der Waals surface area contributed by atoms with Crippen molar-refractivity contribution in [3.63, 3.8) is 0 Å². The molecule has 3 heteroatoms. The Hall–Kier alpha value is -1.35. The van der Waals surface area contributed by atoms with E-state index < -0.39 is 0 Å². The number of hydrogen-bond acceptors (Lipinski definition) is 2. The number of carbonyl (C=O) groups is 1. The van der Waals surface area contributed by atoms with E-state index >= 15 is 0 Å². The van der Waals surface area contributed by atoms with Gasteiger partial charge in [-0.05, 0) is 12.0 Å². The lowest BCUT2D eigenvalue weighted by molar-refractivity contribution is -0.135. The van der Waals surface area contributed by atoms with Gasteiger partial charge in [-0.1, -0.05) is 30.3 Å². The van der Waals surface area contributed by atoms with Gasteiger partial charge in [0, 0.05) is 32.0 Å². The molecule has 0 aliphatic carbocycles. The SMILES string of the molecule is O=C1CC[C@@H](CO)CN1Cc1ccccc1. The van der Waals surface area contributed by atoms with Gasteiger partial charge in [0.1, 0.15) is 0 Å². The topological polar surface area (TPSA) is 40.5 Å². The van der Waals surface area contributed by atoms with Gasteiger partial charge < -0.3 is 10.0 Å². The second-order valence-corrected chi connectivity index (χ2v) is 4.35. The highest BCUT2D eigenvalue weighted by Gasteiger charge is 2.24. The number of aliphatic hydroxyl groups is 1. The summed E-state index contributed by atoms with van der Waals surface area (Å²) in [5, 5.41) is 9.12. The van der Waals surface area contributed by atoms with Crippen LogP contribution in [-0.2, 0) is 11.3 Å². The summed E-state index contributed by atoms with van der Waals surface area (Å²) in [5.74, 6) is 0.454. The minimum atomic E-state index is 0.179. The molecule has 0 aromatic heterocycles. The van der Waals surface area contributed by atoms with Crippen molar-refractivity contribution in [2.75, 3.05) is 13.2 Å². The predicted octanol–water partition coefficient (Wildman–Crippen LogP) is 1.42. The smallest absolute Gasteiger partial charge is 0.222 e. The maximum absolute atomic E-state index is 11.7. The zero-order chi connectivity index (χ0) is 11.4. The second-order valence-electron chi connectivity index (χ2n) is 4.35. The largest absolute Gasteiger partial charge is 0.396 e. The van der Waals surface area contributed by atoms with E-state index in [0.717, 1.165) is 12.0 Å². The first-order chi connectivity index (χ1) is 7.79. The van der Waals surface area contributed by atoms with Gasteiger partial charge in [-0.3, -0.25) is 4.79 Å². The zero-order valence-electron chi connectivity index (χ0n) is 9.30. The van der Waals surface area contributed by atoms with Crippen LogP contribution in [0.25, 0.3) is 0 Å². The Labute approximate surface area is 95.7 Å². The molecule has 1 aromatic rings. The van der Waals surface area contributed by atoms with E-state index in [1.165, 1.54) is 0 Å². The van der Waals surface area contributed by atoms with E-state index in [0.29, 0.717) is 19.5 Å². The molecule has 3 nitrogen and oxygen atoms in total. The summed E-state index contributed by atoms with van der Waals surface area (Å²) in [6, 6.07) is 9.98. The van der Waals surface area contributed by atoms with Crippen LogP contribution >= 0.6 is 0 Å². The van der Waals surface area contributed by atoms with Crippen LogP contribution < -0.4 is 0 Å². The summed E-state index contributed by atoms with van der Waals surface area (Å²) in [4.78, 5) is 13.6. The van der Waals surface area contributed by atoms with Gasteiger partial charge in [0.05, 0.1) is 0 Å². The minimum absolute atomic E-state index is 0.179. The third-order valence-corrected chi connectivity index (χ3v) is 3.07. The van der Waals surface area contributed by atoms with Gasteiger partial charge >= 0.3 is 0 Å². The molecular formula is C13H17NO2. The monoisotopic (exact) mass is 219 g/mol. The van der Waals surface area contributed by atoms with Crippen molar-refractivity contribution in [2.24, 2.45) is 5.92 Å². The first-order valence-corrected chi connectivity index (χ1v) is 5.72. The number of hydrogen-bond donors (Lipinski definition) is 1. The standard InChI is InChI=1S/C13H17NO2/c15-10-12-6-7-13(16)14(9-12)8-11-4-2-1-3-5-11/h1-5,12,15H,6-10H2/t12-/m1/s1. The number of nitrogens with zero attached hydrogens (tertiary/aromatic N) is 1. The summed E-state index contributed by atoms with van der Waals surface area (Å²) < 4.78 is 0. The van der Waals surface area contributed by atoms with Gasteiger partial charge in [-0.15, -0.1) is 0 Å². The Kier molecular flexibility index (Phi) is 3.57. The van der Waals surface area contributed by atoms with E-state index in [4.69, 9.17) is 5.11 Å². The highest BCUT2D eigenvalue weighted by Crippen LogP contribution is 2.19. The first kappa shape index (κ1) is 11.1. The normalized spacial score (nSPS) is 21.2. The molecule has 1 aliphatic rings. The molecule has 0 unspecified atom stereocenters. The number of carbonyl (C=O) groups excluding carboxylic acids is 1. The maximum atomic E-state index is 11.7. The number of amides is 1. The maximum Gasteiger partial charge on any atom is 0.222 e. The third-order valence-electron chi connectivity index (χ3n) is 3.07. The fraction of sp³-hybridized carbons (Fsp3) is 0.462. The molecular weight excluding hydrogens is 202 g/mol. The molecule has 0 spiro atoms. The third kappa shape index (κ3) is 2.61. The quantitative estimate of drug-likeness (QED) is 0.835. The highest BCUT2D eigenvalue weighted by molar-refractivity contribution is 5.76. The van der Waals surface area contributed by atoms with Gasteiger partial charge in [0.15, 0.2) is 0 Å². The number of aliphatic hydroxyl groups excluding tert-OH is 1. The van der Waals surface area contributed by atoms with Crippen LogP contribution in [-0.4, -0.2) is 29.1 Å². The van der Waals surface area contributed by atoms with Gasteiger partial charge in [-0.2, -0.15) is 0 Å². The molecule has 2 rings (SSSR count). The van der Waals surface area contributed by atoms with Crippen molar-refractivity contribution in [3.05, 3.63) is 35.9 Å². The van der Waals surface area contributed by atoms with E-state index in [1.807, 2.05) is 35.2 Å². The lowest BCUT2D eigenvalue weighted by Crippen LogP contribution is -2.40. The van der Waals surface area contributed by atoms with E-state index in [9.17, 15) is 4.79 Å². The van der Waals surface area contributed by atoms with Crippen molar-refractivity contribution in [1.82, 2.24) is 4.90 Å². The number of benzene rings is 1. The zero-order valence-corrected chi connectivity index (χ0v) is 9.30. The van der Waals surface area contributed by atoms with Crippen LogP contribution in [0.3, 0.4) is 0 Å². The number of likely N-dealkylation sites (tertiary alicyclic amines) is 1. The summed E-state index contributed by atoms with van der Waals surface area (Å²) >= 11 is 0. The molecule has 1 saturated heterocycles. The first-order valence-electron chi connectivity index (χ1n) is 5.72. The number of rotatable bonds is 3. The molecule has 1 heterocycles. The molecule has 86 valence electrons. The average molecular weight is 219 g/mol. The van der Waals surface area contributed by atoms with Crippen molar-refractivity contribution < 1.29 is 9.90 Å². The van der Waals surface area contributed by atoms with Crippen LogP contribution in [0.2, 0.25) is 0 Å². The Morgan fingerprint density at radius 3 is 2.75 bits per heavy atom. The second kappa shape index (κ2) is 5.12. The summed E-state index contributed by atoms with van der Waals surface area (Å²) in [6.45, 7) is 1.53. The van der Waals surface area contributed by atoms with Crippen LogP contribution in [0.15, 0.2) is 30.3 Å². The molecule has 1 fully saturated rings. The average Bonchev–Trinajstić information content (AvgIpc) is 2.33. The molecule has 0 saturated carbocycles. The summed E-state index contributed by atoms with van der Waals surface area (Å²) in [7, 11) is 0. The van der Waals surface area contributed by atoms with Gasteiger partial charge in [0.25, 0.3) is 0 Å². The fourth-order valence-electron chi connectivity index (χ4n) is 2.10. The van der Waals surface area contributed by atoms with E-state index in [2.05, 4.69) is 0 Å². The van der Waals surface area contributed by atoms with Crippen LogP contribution in [0.4, 0.5) is 0 Å². The van der Waals surface area contributed by atoms with Crippen LogP contribution in [0.5, 0.6) is 0 Å². The summed E-state index contributed by atoms with van der Waals surface area (Å²) in [6.07, 6.45) is 1.39. The Morgan fingerprint density at radius 1 is 1.31 bits per heavy atom. The molecule has 1 amide bonds. The van der Waals surface area contributed by atoms with Gasteiger partial charge in [0.2, 0.25) is 5.91 Å². The van der Waals surface area contributed by atoms with Crippen LogP contribution in [0, 0.1) is 5.92 Å². The molecule has 1 atom stereocenters. The van der Waals surface area contributed by atoms with Crippen molar-refractivity contribution in [3.8, 4) is 0 Å². The van der Waals surface area contributed by atoms with Gasteiger partial charge in [-0.25, -0.2) is 0 Å². The summed E-state index contributed by atoms with van der Waals surface area (Å²) in [5.41, 5.74) is 1.15. The Balaban J connectivity index is 2.00. The van der Waals surface area contributed by atoms with Crippen molar-refractivity contribution in [2.45, 2.75) is 19.4 Å².